The summed E-state index contributed by atoms with van der Waals surface area (Å²) in [6, 6.07) is 15.3. The van der Waals surface area contributed by atoms with Crippen LogP contribution < -0.4 is 4.90 Å². The summed E-state index contributed by atoms with van der Waals surface area (Å²) in [6.45, 7) is 2.01. The molecule has 1 aliphatic rings. The van der Waals surface area contributed by atoms with E-state index in [2.05, 4.69) is 4.90 Å². The van der Waals surface area contributed by atoms with Gasteiger partial charge in [0.1, 0.15) is 0 Å². The average Bonchev–Trinajstić information content (AvgIpc) is 3.01. The Bertz CT molecular complexity index is 616. The van der Waals surface area contributed by atoms with E-state index in [1.54, 1.807) is 6.07 Å². The highest BCUT2D eigenvalue weighted by atomic mass is 16.4. The third-order valence-electron chi connectivity index (χ3n) is 3.78. The number of rotatable bonds is 3. The van der Waals surface area contributed by atoms with Crippen molar-refractivity contribution in [2.45, 2.75) is 12.8 Å². The maximum absolute atomic E-state index is 11.5. The number of hydrogen-bond acceptors (Lipinski definition) is 2. The van der Waals surface area contributed by atoms with E-state index >= 15 is 0 Å². The zero-order valence-corrected chi connectivity index (χ0v) is 11.2. The van der Waals surface area contributed by atoms with E-state index in [4.69, 9.17) is 0 Å². The van der Waals surface area contributed by atoms with Crippen LogP contribution in [0.3, 0.4) is 0 Å². The fraction of sp³-hybridized carbons (Fsp3) is 0.235. The quantitative estimate of drug-likeness (QED) is 0.922. The molecule has 0 spiro atoms. The topological polar surface area (TPSA) is 40.5 Å². The van der Waals surface area contributed by atoms with Crippen LogP contribution in [0.4, 0.5) is 5.69 Å². The Morgan fingerprint density at radius 1 is 0.950 bits per heavy atom. The molecular formula is C17H17NO2. The molecule has 20 heavy (non-hydrogen) atoms. The van der Waals surface area contributed by atoms with Crippen LogP contribution in [0.15, 0.2) is 48.5 Å². The van der Waals surface area contributed by atoms with E-state index in [0.29, 0.717) is 5.56 Å². The van der Waals surface area contributed by atoms with E-state index in [-0.39, 0.29) is 0 Å². The first-order chi connectivity index (χ1) is 9.77. The molecular weight excluding hydrogens is 250 g/mol. The number of benzene rings is 2. The Kier molecular flexibility index (Phi) is 3.42. The lowest BCUT2D eigenvalue weighted by atomic mass is 9.97. The molecule has 0 bridgehead atoms. The number of carboxylic acid groups (broad SMARTS) is 1. The monoisotopic (exact) mass is 267 g/mol. The Labute approximate surface area is 118 Å². The van der Waals surface area contributed by atoms with Gasteiger partial charge in [-0.2, -0.15) is 0 Å². The summed E-state index contributed by atoms with van der Waals surface area (Å²) >= 11 is 0. The summed E-state index contributed by atoms with van der Waals surface area (Å²) in [4.78, 5) is 13.8. The van der Waals surface area contributed by atoms with Gasteiger partial charge in [-0.15, -0.1) is 0 Å². The molecule has 0 aromatic heterocycles. The third kappa shape index (κ3) is 2.27. The number of carboxylic acids is 1. The van der Waals surface area contributed by atoms with Gasteiger partial charge in [-0.25, -0.2) is 4.79 Å². The second-order valence-electron chi connectivity index (χ2n) is 5.07. The second-order valence-corrected chi connectivity index (χ2v) is 5.07. The van der Waals surface area contributed by atoms with Gasteiger partial charge in [0, 0.05) is 24.3 Å². The first-order valence-electron chi connectivity index (χ1n) is 6.94. The lowest BCUT2D eigenvalue weighted by Crippen LogP contribution is -2.19. The molecule has 3 rings (SSSR count). The van der Waals surface area contributed by atoms with Crippen LogP contribution in [0, 0.1) is 0 Å². The maximum Gasteiger partial charge on any atom is 0.336 e. The molecule has 1 saturated heterocycles. The summed E-state index contributed by atoms with van der Waals surface area (Å²) in [5, 5.41) is 9.48. The van der Waals surface area contributed by atoms with E-state index in [1.165, 1.54) is 12.8 Å². The van der Waals surface area contributed by atoms with Gasteiger partial charge in [0.05, 0.1) is 5.56 Å². The van der Waals surface area contributed by atoms with Crippen LogP contribution in [0.1, 0.15) is 23.2 Å². The average molecular weight is 267 g/mol. The molecule has 3 nitrogen and oxygen atoms in total. The van der Waals surface area contributed by atoms with E-state index in [9.17, 15) is 9.90 Å². The molecule has 1 heterocycles. The number of aromatic carboxylic acids is 1. The molecule has 102 valence electrons. The molecule has 3 heteroatoms. The molecule has 0 atom stereocenters. The lowest BCUT2D eigenvalue weighted by Gasteiger charge is -2.23. The molecule has 0 radical (unpaired) electrons. The van der Waals surface area contributed by atoms with E-state index < -0.39 is 5.97 Å². The van der Waals surface area contributed by atoms with Gasteiger partial charge >= 0.3 is 5.97 Å². The van der Waals surface area contributed by atoms with Gasteiger partial charge in [-0.05, 0) is 30.5 Å². The fourth-order valence-electron chi connectivity index (χ4n) is 2.85. The lowest BCUT2D eigenvalue weighted by molar-refractivity contribution is 0.0698. The minimum Gasteiger partial charge on any atom is -0.478 e. The van der Waals surface area contributed by atoms with Gasteiger partial charge in [0.25, 0.3) is 0 Å². The van der Waals surface area contributed by atoms with Crippen LogP contribution in [-0.2, 0) is 0 Å². The zero-order valence-electron chi connectivity index (χ0n) is 11.2. The van der Waals surface area contributed by atoms with Crippen molar-refractivity contribution in [1.29, 1.82) is 0 Å². The van der Waals surface area contributed by atoms with E-state index in [0.717, 1.165) is 29.9 Å². The van der Waals surface area contributed by atoms with Crippen molar-refractivity contribution in [3.8, 4) is 11.1 Å². The van der Waals surface area contributed by atoms with Crippen LogP contribution in [0.5, 0.6) is 0 Å². The van der Waals surface area contributed by atoms with Crippen LogP contribution >= 0.6 is 0 Å². The van der Waals surface area contributed by atoms with Crippen molar-refractivity contribution in [3.05, 3.63) is 54.1 Å². The van der Waals surface area contributed by atoms with E-state index in [1.807, 2.05) is 42.5 Å². The second kappa shape index (κ2) is 5.37. The number of carbonyl (C=O) groups is 1. The fourth-order valence-corrected chi connectivity index (χ4v) is 2.85. The van der Waals surface area contributed by atoms with Crippen molar-refractivity contribution < 1.29 is 9.90 Å². The van der Waals surface area contributed by atoms with Gasteiger partial charge in [0.15, 0.2) is 0 Å². The minimum atomic E-state index is -0.870. The molecule has 1 N–H and O–H groups in total. The van der Waals surface area contributed by atoms with Crippen molar-refractivity contribution in [2.75, 3.05) is 18.0 Å². The Morgan fingerprint density at radius 3 is 2.30 bits per heavy atom. The molecule has 0 amide bonds. The summed E-state index contributed by atoms with van der Waals surface area (Å²) in [5.41, 5.74) is 3.21. The third-order valence-corrected chi connectivity index (χ3v) is 3.78. The van der Waals surface area contributed by atoms with Crippen molar-refractivity contribution in [1.82, 2.24) is 0 Å². The van der Waals surface area contributed by atoms with Gasteiger partial charge in [-0.1, -0.05) is 36.4 Å². The summed E-state index contributed by atoms with van der Waals surface area (Å²) in [5.74, 6) is -0.870. The number of hydrogen-bond donors (Lipinski definition) is 1. The van der Waals surface area contributed by atoms with Crippen molar-refractivity contribution >= 4 is 11.7 Å². The summed E-state index contributed by atoms with van der Waals surface area (Å²) in [6.07, 6.45) is 2.34. The number of anilines is 1. The molecule has 0 aliphatic carbocycles. The molecule has 1 fully saturated rings. The van der Waals surface area contributed by atoms with Crippen LogP contribution in [-0.4, -0.2) is 24.2 Å². The molecule has 0 saturated carbocycles. The highest BCUT2D eigenvalue weighted by molar-refractivity contribution is 6.00. The van der Waals surface area contributed by atoms with Crippen LogP contribution in [0.25, 0.3) is 11.1 Å². The normalized spacial score (nSPS) is 14.5. The molecule has 0 unspecified atom stereocenters. The minimum absolute atomic E-state index is 0.376. The van der Waals surface area contributed by atoms with Gasteiger partial charge in [-0.3, -0.25) is 0 Å². The van der Waals surface area contributed by atoms with Gasteiger partial charge in [0.2, 0.25) is 0 Å². The smallest absolute Gasteiger partial charge is 0.336 e. The zero-order chi connectivity index (χ0) is 13.9. The molecule has 2 aromatic carbocycles. The Hall–Kier alpha value is -2.29. The SMILES string of the molecule is O=C(O)c1cccc(N2CCCC2)c1-c1ccccc1. The Balaban J connectivity index is 2.19. The predicted molar refractivity (Wildman–Crippen MR) is 80.3 cm³/mol. The first-order valence-corrected chi connectivity index (χ1v) is 6.94. The van der Waals surface area contributed by atoms with Gasteiger partial charge < -0.3 is 10.0 Å². The van der Waals surface area contributed by atoms with Crippen molar-refractivity contribution in [3.63, 3.8) is 0 Å². The summed E-state index contributed by atoms with van der Waals surface area (Å²) < 4.78 is 0. The summed E-state index contributed by atoms with van der Waals surface area (Å²) in [7, 11) is 0. The predicted octanol–water partition coefficient (Wildman–Crippen LogP) is 3.65. The standard InChI is InChI=1S/C17H17NO2/c19-17(20)14-9-6-10-15(18-11-4-5-12-18)16(14)13-7-2-1-3-8-13/h1-3,6-10H,4-5,11-12H2,(H,19,20). The van der Waals surface area contributed by atoms with Crippen LogP contribution in [0.2, 0.25) is 0 Å². The highest BCUT2D eigenvalue weighted by Crippen LogP contribution is 2.35. The van der Waals surface area contributed by atoms with Crippen molar-refractivity contribution in [2.24, 2.45) is 0 Å². The first kappa shape index (κ1) is 12.7. The Morgan fingerprint density at radius 2 is 1.65 bits per heavy atom. The molecule has 2 aromatic rings. The highest BCUT2D eigenvalue weighted by Gasteiger charge is 2.21. The number of nitrogens with zero attached hydrogens (tertiary/aromatic N) is 1. The molecule has 1 aliphatic heterocycles. The maximum atomic E-state index is 11.5. The largest absolute Gasteiger partial charge is 0.478 e.